The van der Waals surface area contributed by atoms with Gasteiger partial charge in [0.2, 0.25) is 5.88 Å². The van der Waals surface area contributed by atoms with Crippen molar-refractivity contribution in [2.75, 3.05) is 13.7 Å². The summed E-state index contributed by atoms with van der Waals surface area (Å²) in [5, 5.41) is 19.2. The third kappa shape index (κ3) is 3.16. The summed E-state index contributed by atoms with van der Waals surface area (Å²) in [4.78, 5) is 4.02. The van der Waals surface area contributed by atoms with Crippen LogP contribution in [0.1, 0.15) is 18.2 Å². The van der Waals surface area contributed by atoms with E-state index in [2.05, 4.69) is 4.98 Å². The Balaban J connectivity index is 2.76. The molecule has 5 nitrogen and oxygen atoms in total. The van der Waals surface area contributed by atoms with E-state index in [1.165, 1.54) is 7.11 Å². The second-order valence-corrected chi connectivity index (χ2v) is 3.19. The van der Waals surface area contributed by atoms with E-state index in [1.54, 1.807) is 18.2 Å². The normalized spacial score (nSPS) is 14.7. The van der Waals surface area contributed by atoms with E-state index in [-0.39, 0.29) is 0 Å². The lowest BCUT2D eigenvalue weighted by Crippen LogP contribution is -2.22. The van der Waals surface area contributed by atoms with Crippen LogP contribution in [-0.4, -0.2) is 35.0 Å². The minimum Gasteiger partial charge on any atom is -0.481 e. The van der Waals surface area contributed by atoms with Gasteiger partial charge in [0, 0.05) is 6.07 Å². The Labute approximate surface area is 88.5 Å². The Morgan fingerprint density at radius 2 is 2.20 bits per heavy atom. The van der Waals surface area contributed by atoms with Gasteiger partial charge in [-0.3, -0.25) is 0 Å². The number of ether oxygens (including phenoxy) is 1. The highest BCUT2D eigenvalue weighted by molar-refractivity contribution is 5.17. The van der Waals surface area contributed by atoms with Gasteiger partial charge in [0.05, 0.1) is 18.9 Å². The number of nitrogens with two attached hydrogens (primary N) is 1. The van der Waals surface area contributed by atoms with Gasteiger partial charge < -0.3 is 20.7 Å². The van der Waals surface area contributed by atoms with E-state index < -0.39 is 12.2 Å². The van der Waals surface area contributed by atoms with Crippen molar-refractivity contribution in [2.45, 2.75) is 18.6 Å². The summed E-state index contributed by atoms with van der Waals surface area (Å²) in [6, 6.07) is 5.01. The maximum Gasteiger partial charge on any atom is 0.213 e. The molecule has 1 aromatic rings. The zero-order valence-corrected chi connectivity index (χ0v) is 8.63. The highest BCUT2D eigenvalue weighted by atomic mass is 16.5. The van der Waals surface area contributed by atoms with Gasteiger partial charge in [-0.05, 0) is 19.0 Å². The fourth-order valence-electron chi connectivity index (χ4n) is 1.23. The lowest BCUT2D eigenvalue weighted by atomic mass is 10.1. The lowest BCUT2D eigenvalue weighted by molar-refractivity contribution is 0.0122. The molecule has 0 saturated carbocycles. The Kier molecular flexibility index (Phi) is 4.48. The highest BCUT2D eigenvalue weighted by Gasteiger charge is 2.19. The largest absolute Gasteiger partial charge is 0.481 e. The minimum atomic E-state index is -1.02. The van der Waals surface area contributed by atoms with Crippen molar-refractivity contribution in [1.82, 2.24) is 4.98 Å². The van der Waals surface area contributed by atoms with Crippen molar-refractivity contribution in [3.63, 3.8) is 0 Å². The zero-order chi connectivity index (χ0) is 11.3. The van der Waals surface area contributed by atoms with Crippen LogP contribution >= 0.6 is 0 Å². The van der Waals surface area contributed by atoms with Crippen molar-refractivity contribution in [3.8, 4) is 5.88 Å². The van der Waals surface area contributed by atoms with Gasteiger partial charge in [-0.2, -0.15) is 0 Å². The van der Waals surface area contributed by atoms with Gasteiger partial charge in [0.1, 0.15) is 6.10 Å². The molecule has 2 atom stereocenters. The molecule has 0 aliphatic carbocycles. The quantitative estimate of drug-likeness (QED) is 0.630. The number of aromatic nitrogens is 1. The Morgan fingerprint density at radius 1 is 1.47 bits per heavy atom. The van der Waals surface area contributed by atoms with Gasteiger partial charge >= 0.3 is 0 Å². The summed E-state index contributed by atoms with van der Waals surface area (Å²) < 4.78 is 4.92. The van der Waals surface area contributed by atoms with Gasteiger partial charge in [0.15, 0.2) is 0 Å². The van der Waals surface area contributed by atoms with Crippen molar-refractivity contribution in [1.29, 1.82) is 0 Å². The molecule has 84 valence electrons. The lowest BCUT2D eigenvalue weighted by Gasteiger charge is -2.16. The number of nitrogens with zero attached hydrogens (tertiary/aromatic N) is 1. The topological polar surface area (TPSA) is 88.6 Å². The Bertz CT molecular complexity index is 306. The molecule has 0 spiro atoms. The van der Waals surface area contributed by atoms with Gasteiger partial charge in [-0.15, -0.1) is 0 Å². The van der Waals surface area contributed by atoms with Crippen LogP contribution in [0.5, 0.6) is 5.88 Å². The zero-order valence-electron chi connectivity index (χ0n) is 8.63. The van der Waals surface area contributed by atoms with Gasteiger partial charge in [-0.1, -0.05) is 6.07 Å². The molecule has 0 radical (unpaired) electrons. The van der Waals surface area contributed by atoms with Crippen LogP contribution in [0.25, 0.3) is 0 Å². The molecule has 15 heavy (non-hydrogen) atoms. The molecule has 0 amide bonds. The van der Waals surface area contributed by atoms with Gasteiger partial charge in [0.25, 0.3) is 0 Å². The number of methoxy groups -OCH3 is 1. The number of aliphatic hydroxyl groups excluding tert-OH is 2. The molecule has 0 aromatic carbocycles. The smallest absolute Gasteiger partial charge is 0.213 e. The third-order valence-corrected chi connectivity index (χ3v) is 2.08. The SMILES string of the molecule is COc1cccc(C(O)C(O)CCN)n1. The monoisotopic (exact) mass is 212 g/mol. The van der Waals surface area contributed by atoms with E-state index in [1.807, 2.05) is 0 Å². The van der Waals surface area contributed by atoms with Crippen LogP contribution in [-0.2, 0) is 0 Å². The van der Waals surface area contributed by atoms with E-state index in [0.29, 0.717) is 24.5 Å². The van der Waals surface area contributed by atoms with Crippen LogP contribution < -0.4 is 10.5 Å². The second kappa shape index (κ2) is 5.65. The predicted octanol–water partition coefficient (Wildman–Crippen LogP) is -0.167. The first kappa shape index (κ1) is 11.9. The first-order valence-corrected chi connectivity index (χ1v) is 4.76. The molecule has 0 fully saturated rings. The molecule has 0 aliphatic rings. The summed E-state index contributed by atoms with van der Waals surface area (Å²) in [5.74, 6) is 0.409. The van der Waals surface area contributed by atoms with Crippen molar-refractivity contribution < 1.29 is 14.9 Å². The van der Waals surface area contributed by atoms with Crippen LogP contribution in [0.3, 0.4) is 0 Å². The number of hydrogen-bond donors (Lipinski definition) is 3. The van der Waals surface area contributed by atoms with E-state index in [4.69, 9.17) is 10.5 Å². The molecule has 1 heterocycles. The van der Waals surface area contributed by atoms with Crippen molar-refractivity contribution >= 4 is 0 Å². The number of hydrogen-bond acceptors (Lipinski definition) is 5. The van der Waals surface area contributed by atoms with E-state index >= 15 is 0 Å². The van der Waals surface area contributed by atoms with Crippen molar-refractivity contribution in [2.24, 2.45) is 5.73 Å². The van der Waals surface area contributed by atoms with Crippen LogP contribution in [0.2, 0.25) is 0 Å². The summed E-state index contributed by atoms with van der Waals surface area (Å²) >= 11 is 0. The maximum atomic E-state index is 9.72. The van der Waals surface area contributed by atoms with E-state index in [9.17, 15) is 10.2 Å². The molecule has 0 aliphatic heterocycles. The van der Waals surface area contributed by atoms with Crippen LogP contribution in [0.4, 0.5) is 0 Å². The van der Waals surface area contributed by atoms with Crippen LogP contribution in [0, 0.1) is 0 Å². The summed E-state index contributed by atoms with van der Waals surface area (Å²) in [5.41, 5.74) is 5.67. The molecule has 0 bridgehead atoms. The van der Waals surface area contributed by atoms with E-state index in [0.717, 1.165) is 0 Å². The standard InChI is InChI=1S/C10H16N2O3/c1-15-9-4-2-3-7(12-9)10(14)8(13)5-6-11/h2-4,8,10,13-14H,5-6,11H2,1H3. The Morgan fingerprint density at radius 3 is 2.80 bits per heavy atom. The number of rotatable bonds is 5. The number of pyridine rings is 1. The molecule has 5 heteroatoms. The second-order valence-electron chi connectivity index (χ2n) is 3.19. The average molecular weight is 212 g/mol. The molecular formula is C10H16N2O3. The fraction of sp³-hybridized carbons (Fsp3) is 0.500. The molecular weight excluding hydrogens is 196 g/mol. The summed E-state index contributed by atoms with van der Waals surface area (Å²) in [6.45, 7) is 0.322. The molecule has 1 rings (SSSR count). The first-order valence-electron chi connectivity index (χ1n) is 4.76. The number of aliphatic hydroxyl groups is 2. The Hall–Kier alpha value is -1.17. The maximum absolute atomic E-state index is 9.72. The minimum absolute atomic E-state index is 0.322. The average Bonchev–Trinajstić information content (AvgIpc) is 2.28. The summed E-state index contributed by atoms with van der Waals surface area (Å²) in [7, 11) is 1.49. The highest BCUT2D eigenvalue weighted by Crippen LogP contribution is 2.18. The third-order valence-electron chi connectivity index (χ3n) is 2.08. The molecule has 1 aromatic heterocycles. The van der Waals surface area contributed by atoms with Crippen LogP contribution in [0.15, 0.2) is 18.2 Å². The summed E-state index contributed by atoms with van der Waals surface area (Å²) in [6.07, 6.45) is -1.58. The van der Waals surface area contributed by atoms with Gasteiger partial charge in [-0.25, -0.2) is 4.98 Å². The van der Waals surface area contributed by atoms with Crippen molar-refractivity contribution in [3.05, 3.63) is 23.9 Å². The molecule has 4 N–H and O–H groups in total. The fourth-order valence-corrected chi connectivity index (χ4v) is 1.23. The molecule has 2 unspecified atom stereocenters. The first-order chi connectivity index (χ1) is 7.19. The molecule has 0 saturated heterocycles. The predicted molar refractivity (Wildman–Crippen MR) is 55.4 cm³/mol.